The van der Waals surface area contributed by atoms with Crippen molar-refractivity contribution in [1.82, 2.24) is 9.97 Å². The molecule has 0 spiro atoms. The average molecular weight is 1020 g/mol. The minimum Gasteiger partial charge on any atom is -0.411 e. The minimum absolute atomic E-state index is 0. The number of pyridine rings is 2. The van der Waals surface area contributed by atoms with Crippen LogP contribution in [0.4, 0.5) is 11.6 Å². The Hall–Kier alpha value is -2.45. The van der Waals surface area contributed by atoms with Gasteiger partial charge in [-0.3, -0.25) is 20.4 Å². The number of rotatable bonds is 19. The van der Waals surface area contributed by atoms with E-state index >= 15 is 0 Å². The maximum atomic E-state index is 11.1. The van der Waals surface area contributed by atoms with E-state index in [0.717, 1.165) is 24.2 Å². The maximum absolute atomic E-state index is 11.1. The quantitative estimate of drug-likeness (QED) is 0.0326. The van der Waals surface area contributed by atoms with Gasteiger partial charge in [0.2, 0.25) is 0 Å². The summed E-state index contributed by atoms with van der Waals surface area (Å²) < 4.78 is 15.4. The fraction of sp³-hybridized carbons (Fsp3) is 0.238. The molecule has 3 radical (unpaired) electrons. The summed E-state index contributed by atoms with van der Waals surface area (Å²) >= 11 is 0. The summed E-state index contributed by atoms with van der Waals surface area (Å²) in [5, 5.41) is 8.04. The van der Waals surface area contributed by atoms with E-state index in [1.165, 1.54) is 26.2 Å². The molecule has 0 amide bonds. The normalized spacial score (nSPS) is 9.38. The summed E-state index contributed by atoms with van der Waals surface area (Å²) in [5.74, 6) is 1.08. The van der Waals surface area contributed by atoms with Crippen LogP contribution in [-0.4, -0.2) is 86.2 Å². The number of nitrogens with zero attached hydrogens (tertiary/aromatic N) is 4. The van der Waals surface area contributed by atoms with E-state index in [4.69, 9.17) is 14.2 Å². The molecule has 307 valence electrons. The van der Waals surface area contributed by atoms with Gasteiger partial charge in [-0.1, -0.05) is 50.1 Å². The van der Waals surface area contributed by atoms with Crippen LogP contribution in [0, 0.1) is 29.2 Å². The van der Waals surface area contributed by atoms with Crippen LogP contribution in [0.1, 0.15) is 70.2 Å². The predicted molar refractivity (Wildman–Crippen MR) is 221 cm³/mol. The molecule has 2 N–H and O–H groups in total. The number of hydrogen-bond donors (Lipinski definition) is 2. The standard InChI is InChI=1S/2C15H12N3O2.C9H19O3.3CH3.3Y/c1-11(20)14-5-2-12(3-6-14)9-17-18-15-7-4-13(10-19)8-16-15;1-11(20)14-6-7-15(16-9-14)18-17-8-12-2-4-13(10-19)5-3-12;1-3-5-11-8-9-12-7-6-10-4-2;;;;;;/h2*2-9H,1H3,(H,16,18);2-9H2,1H3;3*1H3;;;/q6*-1;;;/b17-9+;17-8+;;;;;;;. The molecule has 13 nitrogen and oxygen atoms in total. The number of hydrazone groups is 2. The molecule has 16 heteroatoms. The van der Waals surface area contributed by atoms with Crippen molar-refractivity contribution in [2.45, 2.75) is 27.2 Å². The van der Waals surface area contributed by atoms with Crippen LogP contribution in [0.3, 0.4) is 0 Å². The zero-order valence-electron chi connectivity index (χ0n) is 34.3. The molecule has 2 aromatic carbocycles. The van der Waals surface area contributed by atoms with E-state index in [-0.39, 0.29) is 132 Å². The van der Waals surface area contributed by atoms with Gasteiger partial charge in [-0.25, -0.2) is 4.98 Å². The molecule has 0 saturated heterocycles. The Morgan fingerprint density at radius 3 is 1.43 bits per heavy atom. The van der Waals surface area contributed by atoms with Crippen LogP contribution in [0.25, 0.3) is 0 Å². The van der Waals surface area contributed by atoms with Crippen molar-refractivity contribution in [1.29, 1.82) is 0 Å². The van der Waals surface area contributed by atoms with Crippen molar-refractivity contribution in [2.24, 2.45) is 10.2 Å². The van der Waals surface area contributed by atoms with E-state index in [1.807, 2.05) is 0 Å². The summed E-state index contributed by atoms with van der Waals surface area (Å²) in [5.41, 5.74) is 9.31. The van der Waals surface area contributed by atoms with E-state index in [1.54, 1.807) is 97.8 Å². The van der Waals surface area contributed by atoms with Gasteiger partial charge in [0.1, 0.15) is 11.6 Å². The van der Waals surface area contributed by atoms with Gasteiger partial charge in [-0.15, -0.1) is 17.7 Å². The number of Topliss-reactive ketones (excluding diaryl/α,β-unsaturated/α-hetero) is 2. The largest absolute Gasteiger partial charge is 0.411 e. The molecule has 0 fully saturated rings. The smallest absolute Gasteiger partial charge is 0.161 e. The second kappa shape index (κ2) is 41.3. The topological polar surface area (TPSA) is 171 Å². The summed E-state index contributed by atoms with van der Waals surface area (Å²) in [7, 11) is 0. The van der Waals surface area contributed by atoms with Gasteiger partial charge in [-0.05, 0) is 43.5 Å². The van der Waals surface area contributed by atoms with Gasteiger partial charge >= 0.3 is 0 Å². The minimum atomic E-state index is -0.0281. The van der Waals surface area contributed by atoms with Gasteiger partial charge in [0.25, 0.3) is 0 Å². The monoisotopic (exact) mass is 1020 g/mol. The Morgan fingerprint density at radius 1 is 0.621 bits per heavy atom. The molecule has 0 atom stereocenters. The zero-order chi connectivity index (χ0) is 37.8. The Balaban J connectivity index is -0.000000238. The molecule has 0 unspecified atom stereocenters. The summed E-state index contributed by atoms with van der Waals surface area (Å²) in [6.07, 6.45) is 10.7. The van der Waals surface area contributed by atoms with Crippen molar-refractivity contribution < 1.29 is 132 Å². The number of carbonyl (C=O) groups excluding carboxylic acids is 4. The number of benzene rings is 2. The second-order valence-electron chi connectivity index (χ2n) is 10.5. The van der Waals surface area contributed by atoms with Crippen LogP contribution in [0.5, 0.6) is 0 Å². The van der Waals surface area contributed by atoms with E-state index < -0.39 is 0 Å². The average Bonchev–Trinajstić information content (AvgIpc) is 3.17. The van der Waals surface area contributed by atoms with Crippen molar-refractivity contribution in [2.75, 3.05) is 50.5 Å². The molecule has 0 aliphatic carbocycles. The van der Waals surface area contributed by atoms with Gasteiger partial charge in [0.15, 0.2) is 11.6 Å². The van der Waals surface area contributed by atoms with Crippen molar-refractivity contribution >= 4 is 48.2 Å². The first kappa shape index (κ1) is 64.7. The number of hydrogen-bond acceptors (Lipinski definition) is 13. The van der Waals surface area contributed by atoms with Crippen LogP contribution < -0.4 is 10.9 Å². The third kappa shape index (κ3) is 29.7. The Bertz CT molecular complexity index is 1690. The fourth-order valence-corrected chi connectivity index (χ4v) is 3.66. The first-order valence-electron chi connectivity index (χ1n) is 16.3. The molecule has 58 heavy (non-hydrogen) atoms. The van der Waals surface area contributed by atoms with Crippen LogP contribution in [0.2, 0.25) is 0 Å². The molecule has 0 saturated carbocycles. The van der Waals surface area contributed by atoms with E-state index in [2.05, 4.69) is 44.9 Å². The molecule has 2 heterocycles. The molecular formula is C42H52N6O7Y3-6. The first-order chi connectivity index (χ1) is 25.3. The molecule has 4 rings (SSSR count). The van der Waals surface area contributed by atoms with Crippen LogP contribution in [0.15, 0.2) is 95.4 Å². The molecular weight excluding hydrogens is 967 g/mol. The van der Waals surface area contributed by atoms with E-state index in [9.17, 15) is 19.2 Å². The zero-order valence-corrected chi connectivity index (χ0v) is 42.8. The summed E-state index contributed by atoms with van der Waals surface area (Å²) in [6, 6.07) is 20.5. The Morgan fingerprint density at radius 2 is 1.03 bits per heavy atom. The van der Waals surface area contributed by atoms with Crippen LogP contribution >= 0.6 is 0 Å². The third-order valence-corrected chi connectivity index (χ3v) is 6.42. The molecule has 0 aliphatic heterocycles. The van der Waals surface area contributed by atoms with Crippen molar-refractivity contribution in [3.8, 4) is 0 Å². The Kier molecular flexibility index (Phi) is 46.1. The van der Waals surface area contributed by atoms with Crippen molar-refractivity contribution in [3.63, 3.8) is 0 Å². The number of ketones is 2. The van der Waals surface area contributed by atoms with Crippen LogP contribution in [-0.2, 0) is 122 Å². The SMILES string of the molecule is CC(=O)c1ccc(/C=N/Nc2ccc([C-]=O)cn2)cc1.CC(=O)c1ccc(N/N=C/c2ccc([C-]=O)cc2)nc1.[CH2-]COCCOCCOCCC.[CH3-].[CH3-].[CH3-].[Y].[Y].[Y]. The number of aromatic nitrogens is 2. The number of anilines is 2. The van der Waals surface area contributed by atoms with Gasteiger partial charge in [-0.2, -0.15) is 34.0 Å². The molecule has 4 aromatic rings. The first-order valence-corrected chi connectivity index (χ1v) is 16.3. The maximum Gasteiger partial charge on any atom is 0.161 e. The molecule has 2 aromatic heterocycles. The number of ether oxygens (including phenoxy) is 3. The number of carbonyl (C=O) groups is 2. The van der Waals surface area contributed by atoms with E-state index in [0.29, 0.717) is 66.9 Å². The van der Waals surface area contributed by atoms with Crippen molar-refractivity contribution in [3.05, 3.63) is 148 Å². The fourth-order valence-electron chi connectivity index (χ4n) is 3.66. The van der Waals surface area contributed by atoms with Gasteiger partial charge < -0.3 is 58.0 Å². The van der Waals surface area contributed by atoms with Gasteiger partial charge in [0.05, 0.1) is 51.4 Å². The molecule has 0 aliphatic rings. The Labute approximate surface area is 420 Å². The molecule has 0 bridgehead atoms. The second-order valence-corrected chi connectivity index (χ2v) is 10.5. The predicted octanol–water partition coefficient (Wildman–Crippen LogP) is 7.00. The summed E-state index contributed by atoms with van der Waals surface area (Å²) in [6.45, 7) is 12.6. The summed E-state index contributed by atoms with van der Waals surface area (Å²) in [4.78, 5) is 51.0. The number of nitrogens with one attached hydrogen (secondary N) is 2. The third-order valence-electron chi connectivity index (χ3n) is 6.42. The van der Waals surface area contributed by atoms with Gasteiger partial charge in [0, 0.05) is 122 Å².